The van der Waals surface area contributed by atoms with Crippen LogP contribution in [0, 0.1) is 5.92 Å². The molecule has 0 atom stereocenters. The summed E-state index contributed by atoms with van der Waals surface area (Å²) in [6.45, 7) is 2.19. The van der Waals surface area contributed by atoms with E-state index in [1.165, 1.54) is 17.5 Å². The number of aromatic nitrogens is 2. The number of rotatable bonds is 6. The van der Waals surface area contributed by atoms with Crippen LogP contribution in [0.2, 0.25) is 0 Å². The third-order valence-electron chi connectivity index (χ3n) is 2.69. The van der Waals surface area contributed by atoms with Crippen LogP contribution in [0.1, 0.15) is 12.8 Å². The van der Waals surface area contributed by atoms with Crippen LogP contribution in [0.25, 0.3) is 0 Å². The van der Waals surface area contributed by atoms with Gasteiger partial charge < -0.3 is 10.1 Å². The van der Waals surface area contributed by atoms with Crippen molar-refractivity contribution in [3.8, 4) is 0 Å². The molecule has 0 aromatic carbocycles. The molecule has 1 aromatic rings. The quantitative estimate of drug-likeness (QED) is 0.807. The van der Waals surface area contributed by atoms with E-state index in [2.05, 4.69) is 26.3 Å². The minimum absolute atomic E-state index is 0.145. The third kappa shape index (κ3) is 3.54. The van der Waals surface area contributed by atoms with E-state index in [0.717, 1.165) is 12.5 Å². The highest BCUT2D eigenvalue weighted by atomic mass is 79.9. The van der Waals surface area contributed by atoms with Crippen molar-refractivity contribution in [2.45, 2.75) is 12.8 Å². The van der Waals surface area contributed by atoms with Gasteiger partial charge in [-0.2, -0.15) is 5.10 Å². The molecule has 0 amide bonds. The van der Waals surface area contributed by atoms with Crippen LogP contribution in [0.15, 0.2) is 15.5 Å². The summed E-state index contributed by atoms with van der Waals surface area (Å²) in [7, 11) is 1.62. The molecule has 0 radical (unpaired) electrons. The highest BCUT2D eigenvalue weighted by Gasteiger charge is 2.20. The smallest absolute Gasteiger partial charge is 0.282 e. The van der Waals surface area contributed by atoms with Crippen LogP contribution in [-0.4, -0.2) is 29.5 Å². The fraction of sp³-hybridized carbons (Fsp3) is 0.636. The predicted molar refractivity (Wildman–Crippen MR) is 69.2 cm³/mol. The van der Waals surface area contributed by atoms with Crippen LogP contribution in [-0.2, 0) is 11.8 Å². The van der Waals surface area contributed by atoms with Gasteiger partial charge in [-0.15, -0.1) is 0 Å². The van der Waals surface area contributed by atoms with E-state index in [1.54, 1.807) is 13.2 Å². The summed E-state index contributed by atoms with van der Waals surface area (Å²) in [6.07, 6.45) is 4.24. The van der Waals surface area contributed by atoms with E-state index < -0.39 is 0 Å². The zero-order chi connectivity index (χ0) is 12.3. The number of halogens is 1. The van der Waals surface area contributed by atoms with Gasteiger partial charge in [0.25, 0.3) is 5.56 Å². The molecular formula is C11H16BrN3O2. The zero-order valence-electron chi connectivity index (χ0n) is 9.78. The van der Waals surface area contributed by atoms with Crippen LogP contribution in [0.3, 0.4) is 0 Å². The Kier molecular flexibility index (Phi) is 4.17. The lowest BCUT2D eigenvalue weighted by Gasteiger charge is -2.08. The molecule has 5 nitrogen and oxygen atoms in total. The lowest BCUT2D eigenvalue weighted by atomic mass is 10.4. The van der Waals surface area contributed by atoms with Gasteiger partial charge in [0.2, 0.25) is 0 Å². The Labute approximate surface area is 108 Å². The zero-order valence-corrected chi connectivity index (χ0v) is 11.4. The van der Waals surface area contributed by atoms with Crippen molar-refractivity contribution in [3.63, 3.8) is 0 Å². The maximum Gasteiger partial charge on any atom is 0.282 e. The van der Waals surface area contributed by atoms with Crippen molar-refractivity contribution in [1.29, 1.82) is 0 Å². The molecule has 1 heterocycles. The Morgan fingerprint density at radius 2 is 2.41 bits per heavy atom. The summed E-state index contributed by atoms with van der Waals surface area (Å²) >= 11 is 3.26. The molecule has 94 valence electrons. The Morgan fingerprint density at radius 1 is 1.65 bits per heavy atom. The first-order valence-corrected chi connectivity index (χ1v) is 6.51. The summed E-state index contributed by atoms with van der Waals surface area (Å²) in [5.74, 6) is 0.785. The fourth-order valence-electron chi connectivity index (χ4n) is 1.43. The Morgan fingerprint density at radius 3 is 3.12 bits per heavy atom. The molecule has 17 heavy (non-hydrogen) atoms. The van der Waals surface area contributed by atoms with E-state index >= 15 is 0 Å². The molecule has 1 fully saturated rings. The van der Waals surface area contributed by atoms with Gasteiger partial charge in [-0.3, -0.25) is 4.79 Å². The summed E-state index contributed by atoms with van der Waals surface area (Å²) < 4.78 is 7.29. The van der Waals surface area contributed by atoms with Crippen LogP contribution in [0.4, 0.5) is 5.69 Å². The summed E-state index contributed by atoms with van der Waals surface area (Å²) in [5, 5.41) is 7.07. The van der Waals surface area contributed by atoms with Crippen molar-refractivity contribution in [1.82, 2.24) is 9.78 Å². The average molecular weight is 302 g/mol. The Bertz CT molecular complexity index is 443. The van der Waals surface area contributed by atoms with E-state index in [1.807, 2.05) is 0 Å². The van der Waals surface area contributed by atoms with Gasteiger partial charge in [0.15, 0.2) is 0 Å². The molecule has 0 spiro atoms. The Balaban J connectivity index is 1.77. The predicted octanol–water partition coefficient (Wildman–Crippen LogP) is 1.38. The van der Waals surface area contributed by atoms with Gasteiger partial charge in [-0.1, -0.05) is 0 Å². The van der Waals surface area contributed by atoms with Gasteiger partial charge in [0.05, 0.1) is 18.5 Å². The largest absolute Gasteiger partial charge is 0.380 e. The van der Waals surface area contributed by atoms with Gasteiger partial charge in [-0.25, -0.2) is 4.68 Å². The number of hydrogen-bond donors (Lipinski definition) is 1. The van der Waals surface area contributed by atoms with E-state index in [9.17, 15) is 4.79 Å². The molecule has 1 saturated carbocycles. The molecule has 0 unspecified atom stereocenters. The second kappa shape index (κ2) is 5.64. The summed E-state index contributed by atoms with van der Waals surface area (Å²) in [5.41, 5.74) is 0.567. The molecule has 0 aliphatic heterocycles. The van der Waals surface area contributed by atoms with Gasteiger partial charge in [0, 0.05) is 20.2 Å². The number of aryl methyl sites for hydroxylation is 1. The number of hydrogen-bond acceptors (Lipinski definition) is 4. The average Bonchev–Trinajstić information content (AvgIpc) is 3.12. The topological polar surface area (TPSA) is 56.1 Å². The third-order valence-corrected chi connectivity index (χ3v) is 3.46. The normalized spacial score (nSPS) is 14.9. The second-order valence-corrected chi connectivity index (χ2v) is 5.04. The molecule has 2 rings (SSSR count). The van der Waals surface area contributed by atoms with Crippen molar-refractivity contribution in [3.05, 3.63) is 21.0 Å². The van der Waals surface area contributed by atoms with Gasteiger partial charge >= 0.3 is 0 Å². The second-order valence-electron chi connectivity index (χ2n) is 4.25. The van der Waals surface area contributed by atoms with Crippen molar-refractivity contribution in [2.75, 3.05) is 25.1 Å². The standard InChI is InChI=1S/C11H16BrN3O2/c1-15-11(16)10(12)9(6-14-15)13-4-5-17-7-8-2-3-8/h6,8,13H,2-5,7H2,1H3. The molecule has 1 aliphatic rings. The summed E-state index contributed by atoms with van der Waals surface area (Å²) in [4.78, 5) is 11.6. The lowest BCUT2D eigenvalue weighted by molar-refractivity contribution is 0.134. The molecular weight excluding hydrogens is 286 g/mol. The molecule has 6 heteroatoms. The van der Waals surface area contributed by atoms with Crippen LogP contribution >= 0.6 is 15.9 Å². The van der Waals surface area contributed by atoms with Crippen molar-refractivity contribution >= 4 is 21.6 Å². The maximum absolute atomic E-state index is 11.6. The summed E-state index contributed by atoms with van der Waals surface area (Å²) in [6, 6.07) is 0. The number of nitrogens with zero attached hydrogens (tertiary/aromatic N) is 2. The Hall–Kier alpha value is -0.880. The minimum Gasteiger partial charge on any atom is -0.380 e. The van der Waals surface area contributed by atoms with Crippen molar-refractivity contribution in [2.24, 2.45) is 13.0 Å². The monoisotopic (exact) mass is 301 g/mol. The fourth-order valence-corrected chi connectivity index (χ4v) is 1.93. The number of ether oxygens (including phenoxy) is 1. The maximum atomic E-state index is 11.6. The lowest BCUT2D eigenvalue weighted by Crippen LogP contribution is -2.22. The van der Waals surface area contributed by atoms with E-state index in [4.69, 9.17) is 4.74 Å². The molecule has 1 aliphatic carbocycles. The molecule has 0 saturated heterocycles. The first-order valence-electron chi connectivity index (χ1n) is 5.72. The molecule has 0 bridgehead atoms. The highest BCUT2D eigenvalue weighted by molar-refractivity contribution is 9.10. The first-order chi connectivity index (χ1) is 8.18. The van der Waals surface area contributed by atoms with Crippen LogP contribution in [0.5, 0.6) is 0 Å². The minimum atomic E-state index is -0.145. The number of anilines is 1. The van der Waals surface area contributed by atoms with E-state index in [-0.39, 0.29) is 5.56 Å². The van der Waals surface area contributed by atoms with Gasteiger partial charge in [-0.05, 0) is 34.7 Å². The molecule has 1 aromatic heterocycles. The van der Waals surface area contributed by atoms with Crippen LogP contribution < -0.4 is 10.9 Å². The SMILES string of the molecule is Cn1ncc(NCCOCC2CC2)c(Br)c1=O. The number of nitrogens with one attached hydrogen (secondary N) is 1. The first kappa shape index (κ1) is 12.6. The highest BCUT2D eigenvalue weighted by Crippen LogP contribution is 2.28. The van der Waals surface area contributed by atoms with Gasteiger partial charge in [0.1, 0.15) is 4.47 Å². The molecule has 1 N–H and O–H groups in total. The van der Waals surface area contributed by atoms with E-state index in [0.29, 0.717) is 23.3 Å². The van der Waals surface area contributed by atoms with Crippen molar-refractivity contribution < 1.29 is 4.74 Å².